The third-order valence-electron chi connectivity index (χ3n) is 6.45. The highest BCUT2D eigenvalue weighted by Crippen LogP contribution is 2.44. The van der Waals surface area contributed by atoms with E-state index in [1.807, 2.05) is 17.0 Å². The van der Waals surface area contributed by atoms with Crippen LogP contribution in [-0.2, 0) is 28.0 Å². The smallest absolute Gasteiger partial charge is 0.264 e. The van der Waals surface area contributed by atoms with Crippen molar-refractivity contribution >= 4 is 42.1 Å². The first kappa shape index (κ1) is 25.4. The van der Waals surface area contributed by atoms with Crippen LogP contribution in [0, 0.1) is 0 Å². The third-order valence-corrected chi connectivity index (χ3v) is 7.80. The average molecular weight is 500 g/mol. The summed E-state index contributed by atoms with van der Waals surface area (Å²) in [7, 11) is 0. The van der Waals surface area contributed by atoms with Gasteiger partial charge in [-0.05, 0) is 74.5 Å². The standard InChI is InChI=1S/C23H29N3O3S.2ClH/c27-22(26(16-19-2-1-12-28-19)15-17-3-8-24-9-4-17)20-14-18-5-13-29-23(21(18)30-20)6-10-25-11-7-23;;/h3-4,8-9,14,19,25H,1-2,5-7,10-13,15-16H2;2*1H. The van der Waals surface area contributed by atoms with E-state index in [2.05, 4.69) is 16.4 Å². The molecule has 2 fully saturated rings. The van der Waals surface area contributed by atoms with Crippen LogP contribution in [0.25, 0.3) is 0 Å². The third kappa shape index (κ3) is 5.29. The SMILES string of the molecule is Cl.Cl.O=C(c1cc2c(s1)C1(CCNCC1)OCC2)N(Cc1ccncc1)CC1CCCO1. The first-order valence-electron chi connectivity index (χ1n) is 11.0. The van der Waals surface area contributed by atoms with Gasteiger partial charge in [-0.25, -0.2) is 0 Å². The molecule has 0 saturated carbocycles. The van der Waals surface area contributed by atoms with Gasteiger partial charge >= 0.3 is 0 Å². The highest BCUT2D eigenvalue weighted by molar-refractivity contribution is 7.14. The fraction of sp³-hybridized carbons (Fsp3) is 0.565. The number of nitrogens with one attached hydrogen (secondary N) is 1. The van der Waals surface area contributed by atoms with Gasteiger partial charge in [0.25, 0.3) is 5.91 Å². The van der Waals surface area contributed by atoms with Gasteiger partial charge in [0.05, 0.1) is 17.6 Å². The number of pyridine rings is 1. The topological polar surface area (TPSA) is 63.7 Å². The lowest BCUT2D eigenvalue weighted by Gasteiger charge is -2.40. The van der Waals surface area contributed by atoms with Gasteiger partial charge in [0.1, 0.15) is 5.60 Å². The number of piperidine rings is 1. The zero-order valence-corrected chi connectivity index (χ0v) is 20.5. The molecule has 32 heavy (non-hydrogen) atoms. The van der Waals surface area contributed by atoms with Crippen LogP contribution in [-0.4, -0.2) is 54.7 Å². The van der Waals surface area contributed by atoms with Crippen molar-refractivity contribution in [1.82, 2.24) is 15.2 Å². The number of hydrogen-bond acceptors (Lipinski definition) is 6. The number of carbonyl (C=O) groups is 1. The Morgan fingerprint density at radius 3 is 2.72 bits per heavy atom. The lowest BCUT2D eigenvalue weighted by atomic mass is 9.86. The molecule has 0 aromatic carbocycles. The van der Waals surface area contributed by atoms with Crippen LogP contribution < -0.4 is 5.32 Å². The molecule has 9 heteroatoms. The van der Waals surface area contributed by atoms with Crippen molar-refractivity contribution in [2.45, 2.75) is 50.4 Å². The van der Waals surface area contributed by atoms with Gasteiger partial charge in [-0.2, -0.15) is 0 Å². The van der Waals surface area contributed by atoms with Gasteiger partial charge in [-0.3, -0.25) is 9.78 Å². The summed E-state index contributed by atoms with van der Waals surface area (Å²) in [5.41, 5.74) is 2.19. The Bertz CT molecular complexity index is 884. The van der Waals surface area contributed by atoms with Gasteiger partial charge in [0.15, 0.2) is 0 Å². The average Bonchev–Trinajstić information content (AvgIpc) is 3.45. The molecule has 0 aliphatic carbocycles. The second-order valence-corrected chi connectivity index (χ2v) is 9.54. The number of amides is 1. The number of carbonyl (C=O) groups excluding carboxylic acids is 1. The Kier molecular flexibility index (Phi) is 8.95. The number of ether oxygens (including phenoxy) is 2. The van der Waals surface area contributed by atoms with Crippen LogP contribution in [0.15, 0.2) is 30.6 Å². The number of halogens is 2. The molecule has 0 radical (unpaired) electrons. The Morgan fingerprint density at radius 2 is 2.00 bits per heavy atom. The monoisotopic (exact) mass is 499 g/mol. The Labute approximate surface area is 205 Å². The molecule has 1 spiro atoms. The summed E-state index contributed by atoms with van der Waals surface area (Å²) in [6, 6.07) is 6.09. The maximum absolute atomic E-state index is 13.6. The van der Waals surface area contributed by atoms with Gasteiger partial charge < -0.3 is 19.7 Å². The van der Waals surface area contributed by atoms with E-state index in [9.17, 15) is 4.79 Å². The van der Waals surface area contributed by atoms with Gasteiger partial charge in [0, 0.05) is 37.0 Å². The van der Waals surface area contributed by atoms with Crippen molar-refractivity contribution in [1.29, 1.82) is 0 Å². The van der Waals surface area contributed by atoms with Crippen molar-refractivity contribution in [2.75, 3.05) is 32.8 Å². The van der Waals surface area contributed by atoms with E-state index in [1.54, 1.807) is 23.7 Å². The zero-order valence-electron chi connectivity index (χ0n) is 18.1. The molecule has 6 nitrogen and oxygen atoms in total. The highest BCUT2D eigenvalue weighted by atomic mass is 35.5. The van der Waals surface area contributed by atoms with Gasteiger partial charge in [-0.15, -0.1) is 36.2 Å². The summed E-state index contributed by atoms with van der Waals surface area (Å²) < 4.78 is 12.2. The largest absolute Gasteiger partial charge is 0.376 e. The lowest BCUT2D eigenvalue weighted by Crippen LogP contribution is -2.44. The number of hydrogen-bond donors (Lipinski definition) is 1. The van der Waals surface area contributed by atoms with Gasteiger partial charge in [0.2, 0.25) is 0 Å². The highest BCUT2D eigenvalue weighted by Gasteiger charge is 2.41. The van der Waals surface area contributed by atoms with Crippen molar-refractivity contribution in [3.63, 3.8) is 0 Å². The molecule has 176 valence electrons. The van der Waals surface area contributed by atoms with Gasteiger partial charge in [-0.1, -0.05) is 0 Å². The van der Waals surface area contributed by atoms with Crippen molar-refractivity contribution in [2.24, 2.45) is 0 Å². The molecular weight excluding hydrogens is 469 g/mol. The van der Waals surface area contributed by atoms with E-state index in [4.69, 9.17) is 9.47 Å². The Morgan fingerprint density at radius 1 is 1.22 bits per heavy atom. The van der Waals surface area contributed by atoms with Crippen LogP contribution in [0.1, 0.15) is 51.4 Å². The minimum Gasteiger partial charge on any atom is -0.376 e. The second kappa shape index (κ2) is 11.3. The van der Waals surface area contributed by atoms with E-state index in [0.29, 0.717) is 13.1 Å². The van der Waals surface area contributed by atoms with Crippen LogP contribution in [0.3, 0.4) is 0 Å². The summed E-state index contributed by atoms with van der Waals surface area (Å²) in [6.45, 7) is 4.68. The number of rotatable bonds is 5. The van der Waals surface area contributed by atoms with Crippen LogP contribution in [0.5, 0.6) is 0 Å². The minimum absolute atomic E-state index is 0. The number of fused-ring (bicyclic) bond motifs is 2. The molecule has 2 saturated heterocycles. The zero-order chi connectivity index (χ0) is 20.4. The summed E-state index contributed by atoms with van der Waals surface area (Å²) in [6.07, 6.45) is 8.64. The molecule has 1 N–H and O–H groups in total. The number of thiophene rings is 1. The molecule has 1 atom stereocenters. The molecule has 1 unspecified atom stereocenters. The quantitative estimate of drug-likeness (QED) is 0.674. The van der Waals surface area contributed by atoms with Crippen molar-refractivity contribution in [3.05, 3.63) is 51.5 Å². The van der Waals surface area contributed by atoms with Crippen LogP contribution >= 0.6 is 36.2 Å². The first-order valence-corrected chi connectivity index (χ1v) is 11.8. The van der Waals surface area contributed by atoms with E-state index < -0.39 is 0 Å². The van der Waals surface area contributed by atoms with Crippen LogP contribution in [0.4, 0.5) is 0 Å². The summed E-state index contributed by atoms with van der Waals surface area (Å²) in [5.74, 6) is 0.103. The van der Waals surface area contributed by atoms with E-state index in [0.717, 1.165) is 68.8 Å². The van der Waals surface area contributed by atoms with Crippen molar-refractivity contribution in [3.8, 4) is 0 Å². The van der Waals surface area contributed by atoms with E-state index in [-0.39, 0.29) is 42.4 Å². The normalized spacial score (nSPS) is 21.3. The molecule has 1 amide bonds. The fourth-order valence-electron chi connectivity index (χ4n) is 4.85. The number of aromatic nitrogens is 1. The van der Waals surface area contributed by atoms with E-state index >= 15 is 0 Å². The molecule has 5 heterocycles. The maximum atomic E-state index is 13.6. The summed E-state index contributed by atoms with van der Waals surface area (Å²) in [4.78, 5) is 21.8. The predicted octanol–water partition coefficient (Wildman–Crippen LogP) is 3.96. The Balaban J connectivity index is 0.00000144. The number of nitrogens with zero attached hydrogens (tertiary/aromatic N) is 2. The molecule has 3 aliphatic heterocycles. The molecule has 3 aliphatic rings. The maximum Gasteiger partial charge on any atom is 0.264 e. The molecule has 2 aromatic rings. The first-order chi connectivity index (χ1) is 14.7. The molecular formula is C23H31Cl2N3O3S. The second-order valence-electron chi connectivity index (χ2n) is 8.48. The molecule has 5 rings (SSSR count). The van der Waals surface area contributed by atoms with Crippen LogP contribution in [0.2, 0.25) is 0 Å². The summed E-state index contributed by atoms with van der Waals surface area (Å²) >= 11 is 1.65. The Hall–Kier alpha value is -1.22. The minimum atomic E-state index is -0.202. The fourth-order valence-corrected chi connectivity index (χ4v) is 6.23. The van der Waals surface area contributed by atoms with Crippen molar-refractivity contribution < 1.29 is 14.3 Å². The lowest BCUT2D eigenvalue weighted by molar-refractivity contribution is -0.0771. The molecule has 0 bridgehead atoms. The predicted molar refractivity (Wildman–Crippen MR) is 130 cm³/mol. The summed E-state index contributed by atoms with van der Waals surface area (Å²) in [5, 5.41) is 3.43. The molecule has 2 aromatic heterocycles. The van der Waals surface area contributed by atoms with E-state index in [1.165, 1.54) is 10.4 Å².